The van der Waals surface area contributed by atoms with Crippen LogP contribution in [-0.2, 0) is 9.53 Å². The highest BCUT2D eigenvalue weighted by Crippen LogP contribution is 2.35. The molecule has 1 amide bonds. The number of hydrazone groups is 1. The second-order valence-electron chi connectivity index (χ2n) is 7.98. The highest BCUT2D eigenvalue weighted by molar-refractivity contribution is 6.03. The van der Waals surface area contributed by atoms with E-state index in [-0.39, 0.29) is 11.9 Å². The molecule has 158 valence electrons. The van der Waals surface area contributed by atoms with Gasteiger partial charge in [-0.15, -0.1) is 0 Å². The molecule has 0 saturated carbocycles. The molecular formula is C24H29N3O3. The van der Waals surface area contributed by atoms with Crippen LogP contribution >= 0.6 is 0 Å². The van der Waals surface area contributed by atoms with E-state index in [0.717, 1.165) is 35.7 Å². The monoisotopic (exact) mass is 407 g/mol. The molecule has 0 aromatic heterocycles. The standard InChI is InChI=1S/C24H29N3O3/c1-17-4-9-21(18(2)14-17)23-15-22(19-5-7-20(29-3)8-6-19)25-27(23)24(28)16-26-10-12-30-13-11-26/h4-9,14,23H,10-13,15-16H2,1-3H3. The number of aryl methyl sites for hydroxylation is 2. The second-order valence-corrected chi connectivity index (χ2v) is 7.98. The van der Waals surface area contributed by atoms with Crippen molar-refractivity contribution in [2.24, 2.45) is 5.10 Å². The number of benzene rings is 2. The summed E-state index contributed by atoms with van der Waals surface area (Å²) in [6, 6.07) is 14.2. The minimum Gasteiger partial charge on any atom is -0.497 e. The van der Waals surface area contributed by atoms with Gasteiger partial charge in [0.2, 0.25) is 0 Å². The van der Waals surface area contributed by atoms with Crippen molar-refractivity contribution in [3.05, 3.63) is 64.7 Å². The number of carbonyl (C=O) groups excluding carboxylic acids is 1. The van der Waals surface area contributed by atoms with Gasteiger partial charge in [-0.05, 0) is 54.8 Å². The third kappa shape index (κ3) is 4.40. The van der Waals surface area contributed by atoms with Gasteiger partial charge in [-0.1, -0.05) is 23.8 Å². The van der Waals surface area contributed by atoms with Crippen molar-refractivity contribution in [3.8, 4) is 5.75 Å². The van der Waals surface area contributed by atoms with Gasteiger partial charge in [-0.2, -0.15) is 5.10 Å². The molecule has 4 rings (SSSR count). The van der Waals surface area contributed by atoms with Gasteiger partial charge in [-0.3, -0.25) is 9.69 Å². The van der Waals surface area contributed by atoms with Gasteiger partial charge in [-0.25, -0.2) is 5.01 Å². The molecule has 1 saturated heterocycles. The maximum Gasteiger partial charge on any atom is 0.257 e. The summed E-state index contributed by atoms with van der Waals surface area (Å²) in [7, 11) is 1.66. The topological polar surface area (TPSA) is 54.4 Å². The zero-order valence-electron chi connectivity index (χ0n) is 17.9. The van der Waals surface area contributed by atoms with E-state index in [1.165, 1.54) is 11.1 Å². The van der Waals surface area contributed by atoms with Crippen LogP contribution < -0.4 is 4.74 Å². The summed E-state index contributed by atoms with van der Waals surface area (Å²) in [6.07, 6.45) is 0.699. The number of hydrogen-bond acceptors (Lipinski definition) is 5. The number of methoxy groups -OCH3 is 1. The Balaban J connectivity index is 1.62. The van der Waals surface area contributed by atoms with Crippen molar-refractivity contribution >= 4 is 11.6 Å². The molecule has 1 atom stereocenters. The number of carbonyl (C=O) groups is 1. The van der Waals surface area contributed by atoms with Crippen LogP contribution in [0.2, 0.25) is 0 Å². The Morgan fingerprint density at radius 1 is 1.13 bits per heavy atom. The minimum atomic E-state index is -0.0868. The second kappa shape index (κ2) is 8.98. The maximum absolute atomic E-state index is 13.3. The quantitative estimate of drug-likeness (QED) is 0.763. The van der Waals surface area contributed by atoms with E-state index in [0.29, 0.717) is 26.2 Å². The summed E-state index contributed by atoms with van der Waals surface area (Å²) in [4.78, 5) is 15.4. The van der Waals surface area contributed by atoms with Crippen LogP contribution in [0.4, 0.5) is 0 Å². The third-order valence-electron chi connectivity index (χ3n) is 5.84. The van der Waals surface area contributed by atoms with Gasteiger partial charge in [0.15, 0.2) is 0 Å². The van der Waals surface area contributed by atoms with E-state index in [4.69, 9.17) is 14.6 Å². The molecule has 0 N–H and O–H groups in total. The van der Waals surface area contributed by atoms with Crippen molar-refractivity contribution < 1.29 is 14.3 Å². The molecule has 0 aliphatic carbocycles. The first kappa shape index (κ1) is 20.6. The van der Waals surface area contributed by atoms with Crippen LogP contribution in [0.5, 0.6) is 5.75 Å². The number of rotatable bonds is 5. The van der Waals surface area contributed by atoms with Crippen molar-refractivity contribution in [3.63, 3.8) is 0 Å². The Hall–Kier alpha value is -2.70. The van der Waals surface area contributed by atoms with Crippen LogP contribution in [0.15, 0.2) is 47.6 Å². The Kier molecular flexibility index (Phi) is 6.16. The van der Waals surface area contributed by atoms with E-state index >= 15 is 0 Å². The van der Waals surface area contributed by atoms with Gasteiger partial charge in [0, 0.05) is 19.5 Å². The average Bonchev–Trinajstić information content (AvgIpc) is 3.20. The maximum atomic E-state index is 13.3. The molecule has 0 bridgehead atoms. The molecule has 0 radical (unpaired) electrons. The Morgan fingerprint density at radius 2 is 1.87 bits per heavy atom. The molecule has 2 aliphatic rings. The lowest BCUT2D eigenvalue weighted by atomic mass is 9.94. The van der Waals surface area contributed by atoms with E-state index in [9.17, 15) is 4.79 Å². The summed E-state index contributed by atoms with van der Waals surface area (Å²) >= 11 is 0. The lowest BCUT2D eigenvalue weighted by Gasteiger charge is -2.29. The molecule has 2 aromatic rings. The fourth-order valence-electron chi connectivity index (χ4n) is 4.16. The summed E-state index contributed by atoms with van der Waals surface area (Å²) < 4.78 is 10.7. The zero-order valence-corrected chi connectivity index (χ0v) is 17.9. The van der Waals surface area contributed by atoms with Gasteiger partial charge < -0.3 is 9.47 Å². The van der Waals surface area contributed by atoms with Crippen molar-refractivity contribution in [1.29, 1.82) is 0 Å². The summed E-state index contributed by atoms with van der Waals surface area (Å²) in [5.74, 6) is 0.842. The van der Waals surface area contributed by atoms with E-state index < -0.39 is 0 Å². The van der Waals surface area contributed by atoms with Gasteiger partial charge in [0.05, 0.1) is 38.6 Å². The predicted molar refractivity (Wildman–Crippen MR) is 117 cm³/mol. The van der Waals surface area contributed by atoms with Gasteiger partial charge >= 0.3 is 0 Å². The number of ether oxygens (including phenoxy) is 2. The smallest absolute Gasteiger partial charge is 0.257 e. The number of morpholine rings is 1. The van der Waals surface area contributed by atoms with Crippen LogP contribution in [-0.4, -0.2) is 61.5 Å². The lowest BCUT2D eigenvalue weighted by Crippen LogP contribution is -2.43. The molecule has 0 spiro atoms. The molecule has 2 aromatic carbocycles. The number of amides is 1. The zero-order chi connectivity index (χ0) is 21.1. The van der Waals surface area contributed by atoms with Gasteiger partial charge in [0.25, 0.3) is 5.91 Å². The van der Waals surface area contributed by atoms with Crippen LogP contribution in [0.3, 0.4) is 0 Å². The molecule has 2 aliphatic heterocycles. The molecule has 2 heterocycles. The summed E-state index contributed by atoms with van der Waals surface area (Å²) in [6.45, 7) is 7.47. The molecule has 30 heavy (non-hydrogen) atoms. The molecule has 6 nitrogen and oxygen atoms in total. The Labute approximate surface area is 178 Å². The molecule has 6 heteroatoms. The Morgan fingerprint density at radius 3 is 2.53 bits per heavy atom. The Bertz CT molecular complexity index is 933. The normalized spacial score (nSPS) is 19.6. The summed E-state index contributed by atoms with van der Waals surface area (Å²) in [5.41, 5.74) is 5.51. The van der Waals surface area contributed by atoms with Crippen molar-refractivity contribution in [2.75, 3.05) is 40.0 Å². The van der Waals surface area contributed by atoms with Crippen LogP contribution in [0, 0.1) is 13.8 Å². The highest BCUT2D eigenvalue weighted by atomic mass is 16.5. The fourth-order valence-corrected chi connectivity index (χ4v) is 4.16. The largest absolute Gasteiger partial charge is 0.497 e. The van der Waals surface area contributed by atoms with Crippen LogP contribution in [0.1, 0.15) is 34.7 Å². The summed E-state index contributed by atoms with van der Waals surface area (Å²) in [5, 5.41) is 6.50. The number of hydrogen-bond donors (Lipinski definition) is 0. The SMILES string of the molecule is COc1ccc(C2=NN(C(=O)CN3CCOCC3)C(c3ccc(C)cc3C)C2)cc1. The average molecular weight is 408 g/mol. The molecule has 1 fully saturated rings. The fraction of sp³-hybridized carbons (Fsp3) is 0.417. The minimum absolute atomic E-state index is 0.0328. The van der Waals surface area contributed by atoms with E-state index in [2.05, 4.69) is 36.9 Å². The van der Waals surface area contributed by atoms with E-state index in [1.807, 2.05) is 24.3 Å². The molecular weight excluding hydrogens is 378 g/mol. The predicted octanol–water partition coefficient (Wildman–Crippen LogP) is 3.32. The van der Waals surface area contributed by atoms with Crippen molar-refractivity contribution in [1.82, 2.24) is 9.91 Å². The first-order valence-electron chi connectivity index (χ1n) is 10.5. The first-order chi connectivity index (χ1) is 14.5. The van der Waals surface area contributed by atoms with Crippen LogP contribution in [0.25, 0.3) is 0 Å². The first-order valence-corrected chi connectivity index (χ1v) is 10.5. The van der Waals surface area contributed by atoms with Gasteiger partial charge in [0.1, 0.15) is 5.75 Å². The third-order valence-corrected chi connectivity index (χ3v) is 5.84. The van der Waals surface area contributed by atoms with E-state index in [1.54, 1.807) is 12.1 Å². The van der Waals surface area contributed by atoms with Crippen molar-refractivity contribution in [2.45, 2.75) is 26.3 Å². The molecule has 1 unspecified atom stereocenters. The highest BCUT2D eigenvalue weighted by Gasteiger charge is 2.34. The number of nitrogens with zero attached hydrogens (tertiary/aromatic N) is 3. The lowest BCUT2D eigenvalue weighted by molar-refractivity contribution is -0.135.